The molecule has 0 saturated heterocycles. The molecule has 0 radical (unpaired) electrons. The number of rotatable bonds is 7. The zero-order valence-corrected chi connectivity index (χ0v) is 13.2. The third kappa shape index (κ3) is 5.26. The lowest BCUT2D eigenvalue weighted by Gasteiger charge is -2.15. The molecule has 1 aromatic carbocycles. The Morgan fingerprint density at radius 1 is 1.35 bits per heavy atom. The maximum atomic E-state index is 11.9. The van der Waals surface area contributed by atoms with E-state index < -0.39 is 18.1 Å². The van der Waals surface area contributed by atoms with E-state index in [0.717, 1.165) is 17.1 Å². The standard InChI is InChI=1S/C15H16N2O5S/c1-21-13-8-12(23-17-13)11(7-14(18)19)16-15(20)22-9-10-5-3-2-4-6-10/h2-6,8,11H,7,9H2,1H3,(H,16,20)(H,18,19)/t11-/m0/s1. The second kappa shape index (κ2) is 8.14. The molecular formula is C15H16N2O5S. The van der Waals surface area contributed by atoms with E-state index in [2.05, 4.69) is 9.69 Å². The first-order valence-electron chi connectivity index (χ1n) is 6.78. The molecule has 7 nitrogen and oxygen atoms in total. The van der Waals surface area contributed by atoms with Gasteiger partial charge in [0.1, 0.15) is 6.61 Å². The van der Waals surface area contributed by atoms with Crippen LogP contribution in [0.3, 0.4) is 0 Å². The highest BCUT2D eigenvalue weighted by Gasteiger charge is 2.21. The Hall–Kier alpha value is -2.61. The number of carboxylic acids is 1. The van der Waals surface area contributed by atoms with Crippen LogP contribution >= 0.6 is 11.5 Å². The molecule has 0 fully saturated rings. The number of carbonyl (C=O) groups excluding carboxylic acids is 1. The number of carbonyl (C=O) groups is 2. The van der Waals surface area contributed by atoms with Gasteiger partial charge in [-0.2, -0.15) is 4.37 Å². The summed E-state index contributed by atoms with van der Waals surface area (Å²) in [4.78, 5) is 23.4. The highest BCUT2D eigenvalue weighted by Crippen LogP contribution is 2.25. The van der Waals surface area contributed by atoms with Gasteiger partial charge in [0.05, 0.1) is 24.4 Å². The van der Waals surface area contributed by atoms with E-state index in [1.165, 1.54) is 7.11 Å². The minimum absolute atomic E-state index is 0.110. The molecule has 0 unspecified atom stereocenters. The van der Waals surface area contributed by atoms with Crippen molar-refractivity contribution in [3.63, 3.8) is 0 Å². The molecule has 0 bridgehead atoms. The molecule has 0 saturated carbocycles. The number of aromatic nitrogens is 1. The average Bonchev–Trinajstić information content (AvgIpc) is 3.02. The number of nitrogens with zero attached hydrogens (tertiary/aromatic N) is 1. The summed E-state index contributed by atoms with van der Waals surface area (Å²) in [7, 11) is 1.46. The van der Waals surface area contributed by atoms with Crippen LogP contribution in [0.4, 0.5) is 4.79 Å². The van der Waals surface area contributed by atoms with Gasteiger partial charge in [0.2, 0.25) is 5.88 Å². The molecule has 1 amide bonds. The Morgan fingerprint density at radius 2 is 2.09 bits per heavy atom. The SMILES string of the molecule is COc1cc([C@H](CC(=O)O)NC(=O)OCc2ccccc2)sn1. The van der Waals surface area contributed by atoms with Crippen molar-refractivity contribution in [3.8, 4) is 5.88 Å². The summed E-state index contributed by atoms with van der Waals surface area (Å²) in [6.45, 7) is 0.110. The van der Waals surface area contributed by atoms with Crippen molar-refractivity contribution in [2.75, 3.05) is 7.11 Å². The van der Waals surface area contributed by atoms with Crippen LogP contribution < -0.4 is 10.1 Å². The number of hydrogen-bond donors (Lipinski definition) is 2. The lowest BCUT2D eigenvalue weighted by atomic mass is 10.2. The van der Waals surface area contributed by atoms with E-state index >= 15 is 0 Å². The molecule has 1 aromatic heterocycles. The van der Waals surface area contributed by atoms with Gasteiger partial charge in [-0.1, -0.05) is 30.3 Å². The topological polar surface area (TPSA) is 97.8 Å². The van der Waals surface area contributed by atoms with E-state index in [1.54, 1.807) is 6.07 Å². The van der Waals surface area contributed by atoms with Gasteiger partial charge in [-0.15, -0.1) is 0 Å². The summed E-state index contributed by atoms with van der Waals surface area (Å²) in [5, 5.41) is 11.5. The predicted molar refractivity (Wildman–Crippen MR) is 83.4 cm³/mol. The first-order chi connectivity index (χ1) is 11.1. The van der Waals surface area contributed by atoms with Crippen LogP contribution in [-0.2, 0) is 16.1 Å². The molecule has 1 heterocycles. The van der Waals surface area contributed by atoms with Crippen LogP contribution in [0.1, 0.15) is 22.9 Å². The first-order valence-corrected chi connectivity index (χ1v) is 7.55. The molecule has 8 heteroatoms. The Balaban J connectivity index is 1.96. The summed E-state index contributed by atoms with van der Waals surface area (Å²) >= 11 is 1.07. The Morgan fingerprint density at radius 3 is 2.70 bits per heavy atom. The van der Waals surface area contributed by atoms with Crippen molar-refractivity contribution in [3.05, 3.63) is 46.8 Å². The van der Waals surface area contributed by atoms with Gasteiger partial charge >= 0.3 is 12.1 Å². The lowest BCUT2D eigenvalue weighted by molar-refractivity contribution is -0.137. The zero-order valence-electron chi connectivity index (χ0n) is 12.4. The summed E-state index contributed by atoms with van der Waals surface area (Å²) < 4.78 is 14.1. The van der Waals surface area contributed by atoms with Gasteiger partial charge in [0.25, 0.3) is 0 Å². The number of aliphatic carboxylic acids is 1. The number of hydrogen-bond acceptors (Lipinski definition) is 6. The molecule has 0 aliphatic heterocycles. The normalized spacial score (nSPS) is 11.5. The number of benzene rings is 1. The van der Waals surface area contributed by atoms with Crippen LogP contribution in [-0.4, -0.2) is 28.7 Å². The van der Waals surface area contributed by atoms with Crippen molar-refractivity contribution in [2.24, 2.45) is 0 Å². The van der Waals surface area contributed by atoms with E-state index in [9.17, 15) is 9.59 Å². The molecule has 122 valence electrons. The van der Waals surface area contributed by atoms with E-state index in [4.69, 9.17) is 14.6 Å². The number of carboxylic acid groups (broad SMARTS) is 1. The van der Waals surface area contributed by atoms with Crippen LogP contribution in [0.25, 0.3) is 0 Å². The van der Waals surface area contributed by atoms with Gasteiger partial charge < -0.3 is 19.9 Å². The second-order valence-electron chi connectivity index (χ2n) is 4.63. The number of ether oxygens (including phenoxy) is 2. The third-order valence-corrected chi connectivity index (χ3v) is 3.83. The summed E-state index contributed by atoms with van der Waals surface area (Å²) in [5.74, 6) is -0.662. The van der Waals surface area contributed by atoms with Crippen molar-refractivity contribution in [1.29, 1.82) is 0 Å². The summed E-state index contributed by atoms with van der Waals surface area (Å²) in [5.41, 5.74) is 0.844. The number of amides is 1. The molecule has 2 aromatic rings. The molecule has 0 aliphatic rings. The average molecular weight is 336 g/mol. The van der Waals surface area contributed by atoms with Gasteiger partial charge in [-0.25, -0.2) is 4.79 Å². The maximum absolute atomic E-state index is 11.9. The molecule has 0 aliphatic carbocycles. The largest absolute Gasteiger partial charge is 0.481 e. The first kappa shape index (κ1) is 16.8. The van der Waals surface area contributed by atoms with Crippen molar-refractivity contribution in [2.45, 2.75) is 19.1 Å². The molecule has 2 rings (SSSR count). The Labute approximate surface area is 137 Å². The number of alkyl carbamates (subject to hydrolysis) is 1. The molecule has 1 atom stereocenters. The Bertz CT molecular complexity index is 659. The third-order valence-electron chi connectivity index (χ3n) is 2.94. The van der Waals surface area contributed by atoms with Gasteiger partial charge in [0.15, 0.2) is 0 Å². The van der Waals surface area contributed by atoms with Gasteiger partial charge in [-0.3, -0.25) is 4.79 Å². The highest BCUT2D eigenvalue weighted by atomic mass is 32.1. The quantitative estimate of drug-likeness (QED) is 0.806. The summed E-state index contributed by atoms with van der Waals surface area (Å²) in [6, 6.07) is 10.1. The molecule has 2 N–H and O–H groups in total. The van der Waals surface area contributed by atoms with Gasteiger partial charge in [-0.05, 0) is 17.1 Å². The lowest BCUT2D eigenvalue weighted by Crippen LogP contribution is -2.30. The van der Waals surface area contributed by atoms with Crippen molar-refractivity contribution in [1.82, 2.24) is 9.69 Å². The van der Waals surface area contributed by atoms with Crippen LogP contribution in [0.2, 0.25) is 0 Å². The number of methoxy groups -OCH3 is 1. The Kier molecular flexibility index (Phi) is 5.93. The second-order valence-corrected chi connectivity index (χ2v) is 5.46. The number of nitrogens with one attached hydrogen (secondary N) is 1. The fourth-order valence-corrected chi connectivity index (χ4v) is 2.58. The smallest absolute Gasteiger partial charge is 0.407 e. The molecule has 23 heavy (non-hydrogen) atoms. The fraction of sp³-hybridized carbons (Fsp3) is 0.267. The van der Waals surface area contributed by atoms with Crippen molar-refractivity contribution < 1.29 is 24.2 Å². The predicted octanol–water partition coefficient (Wildman–Crippen LogP) is 2.59. The highest BCUT2D eigenvalue weighted by molar-refractivity contribution is 7.06. The van der Waals surface area contributed by atoms with Crippen molar-refractivity contribution >= 4 is 23.6 Å². The molecule has 0 spiro atoms. The summed E-state index contributed by atoms with van der Waals surface area (Å²) in [6.07, 6.45) is -0.960. The minimum atomic E-state index is -1.04. The maximum Gasteiger partial charge on any atom is 0.407 e. The van der Waals surface area contributed by atoms with E-state index in [1.807, 2.05) is 30.3 Å². The van der Waals surface area contributed by atoms with E-state index in [-0.39, 0.29) is 13.0 Å². The van der Waals surface area contributed by atoms with Crippen LogP contribution in [0, 0.1) is 0 Å². The van der Waals surface area contributed by atoms with Crippen LogP contribution in [0.15, 0.2) is 36.4 Å². The molecular weight excluding hydrogens is 320 g/mol. The van der Waals surface area contributed by atoms with Gasteiger partial charge in [0, 0.05) is 6.07 Å². The minimum Gasteiger partial charge on any atom is -0.481 e. The monoisotopic (exact) mass is 336 g/mol. The van der Waals surface area contributed by atoms with Crippen LogP contribution in [0.5, 0.6) is 5.88 Å². The zero-order chi connectivity index (χ0) is 16.7. The van der Waals surface area contributed by atoms with E-state index in [0.29, 0.717) is 10.8 Å². The fourth-order valence-electron chi connectivity index (χ4n) is 1.84.